The van der Waals surface area contributed by atoms with Crippen LogP contribution in [0, 0.1) is 6.92 Å². The Morgan fingerprint density at radius 1 is 1.07 bits per heavy atom. The highest BCUT2D eigenvalue weighted by Gasteiger charge is 2.31. The highest BCUT2D eigenvalue weighted by atomic mass is 16.5. The van der Waals surface area contributed by atoms with Crippen LogP contribution in [0.3, 0.4) is 0 Å². The molecule has 144 valence electrons. The smallest absolute Gasteiger partial charge is 0.259 e. The molecule has 1 aliphatic heterocycles. The molecular formula is C22H23N3O3. The SMILES string of the molecule is CCn1cc(N2Cc3cc(-c4ccc(OC)c(OC)c4)cc(C)c3C2=O)cn1. The van der Waals surface area contributed by atoms with Crippen LogP contribution in [0.4, 0.5) is 5.69 Å². The Hall–Kier alpha value is -3.28. The van der Waals surface area contributed by atoms with Gasteiger partial charge in [-0.3, -0.25) is 9.48 Å². The van der Waals surface area contributed by atoms with Gasteiger partial charge in [-0.05, 0) is 54.3 Å². The van der Waals surface area contributed by atoms with Gasteiger partial charge in [0, 0.05) is 18.3 Å². The van der Waals surface area contributed by atoms with Crippen molar-refractivity contribution in [3.8, 4) is 22.6 Å². The monoisotopic (exact) mass is 377 g/mol. The molecule has 3 aromatic rings. The maximum absolute atomic E-state index is 13.0. The van der Waals surface area contributed by atoms with E-state index >= 15 is 0 Å². The number of aromatic nitrogens is 2. The van der Waals surface area contributed by atoms with Crippen molar-refractivity contribution in [2.45, 2.75) is 26.9 Å². The summed E-state index contributed by atoms with van der Waals surface area (Å²) >= 11 is 0. The topological polar surface area (TPSA) is 56.6 Å². The Morgan fingerprint density at radius 3 is 2.54 bits per heavy atom. The molecule has 1 amide bonds. The molecule has 6 nitrogen and oxygen atoms in total. The summed E-state index contributed by atoms with van der Waals surface area (Å²) in [6, 6.07) is 10.00. The minimum atomic E-state index is 0.0296. The van der Waals surface area contributed by atoms with E-state index in [9.17, 15) is 4.79 Å². The van der Waals surface area contributed by atoms with E-state index in [-0.39, 0.29) is 5.91 Å². The fourth-order valence-corrected chi connectivity index (χ4v) is 3.72. The molecule has 0 radical (unpaired) electrons. The van der Waals surface area contributed by atoms with Crippen LogP contribution in [-0.2, 0) is 13.1 Å². The van der Waals surface area contributed by atoms with E-state index in [1.807, 2.05) is 42.9 Å². The number of methoxy groups -OCH3 is 2. The molecule has 0 spiro atoms. The van der Waals surface area contributed by atoms with Gasteiger partial charge in [0.05, 0.1) is 32.6 Å². The second-order valence-corrected chi connectivity index (χ2v) is 6.84. The van der Waals surface area contributed by atoms with Gasteiger partial charge < -0.3 is 14.4 Å². The van der Waals surface area contributed by atoms with Crippen LogP contribution in [0.2, 0.25) is 0 Å². The maximum Gasteiger partial charge on any atom is 0.259 e. The summed E-state index contributed by atoms with van der Waals surface area (Å²) in [7, 11) is 3.25. The lowest BCUT2D eigenvalue weighted by Crippen LogP contribution is -2.22. The van der Waals surface area contributed by atoms with Gasteiger partial charge in [-0.15, -0.1) is 0 Å². The first kappa shape index (κ1) is 18.1. The van der Waals surface area contributed by atoms with E-state index < -0.39 is 0 Å². The fraction of sp³-hybridized carbons (Fsp3) is 0.273. The standard InChI is InChI=1S/C22H23N3O3/c1-5-24-13-18(11-23-24)25-12-17-9-16(8-14(2)21(17)22(25)26)15-6-7-19(27-3)20(10-15)28-4/h6-11,13H,5,12H2,1-4H3. The zero-order chi connectivity index (χ0) is 19.8. The van der Waals surface area contributed by atoms with E-state index in [0.29, 0.717) is 18.0 Å². The minimum Gasteiger partial charge on any atom is -0.493 e. The fourth-order valence-electron chi connectivity index (χ4n) is 3.72. The molecule has 0 fully saturated rings. The molecule has 2 heterocycles. The zero-order valence-electron chi connectivity index (χ0n) is 16.5. The number of fused-ring (bicyclic) bond motifs is 1. The number of nitrogens with zero attached hydrogens (tertiary/aromatic N) is 3. The van der Waals surface area contributed by atoms with Gasteiger partial charge in [0.2, 0.25) is 0 Å². The second-order valence-electron chi connectivity index (χ2n) is 6.84. The zero-order valence-corrected chi connectivity index (χ0v) is 16.5. The molecule has 0 unspecified atom stereocenters. The quantitative estimate of drug-likeness (QED) is 0.673. The molecule has 1 aromatic heterocycles. The van der Waals surface area contributed by atoms with Crippen LogP contribution in [0.15, 0.2) is 42.7 Å². The number of hydrogen-bond acceptors (Lipinski definition) is 4. The number of hydrogen-bond donors (Lipinski definition) is 0. The lowest BCUT2D eigenvalue weighted by Gasteiger charge is -2.12. The summed E-state index contributed by atoms with van der Waals surface area (Å²) in [6.07, 6.45) is 3.66. The van der Waals surface area contributed by atoms with Crippen molar-refractivity contribution in [3.63, 3.8) is 0 Å². The summed E-state index contributed by atoms with van der Waals surface area (Å²) in [6.45, 7) is 5.33. The summed E-state index contributed by atoms with van der Waals surface area (Å²) in [5.41, 5.74) is 5.68. The average molecular weight is 377 g/mol. The largest absolute Gasteiger partial charge is 0.493 e. The first-order valence-electron chi connectivity index (χ1n) is 9.26. The van der Waals surface area contributed by atoms with Crippen molar-refractivity contribution in [2.75, 3.05) is 19.1 Å². The molecule has 0 atom stereocenters. The van der Waals surface area contributed by atoms with E-state index in [4.69, 9.17) is 9.47 Å². The molecule has 0 aliphatic carbocycles. The highest BCUT2D eigenvalue weighted by molar-refractivity contribution is 6.11. The number of benzene rings is 2. The Bertz CT molecular complexity index is 1060. The van der Waals surface area contributed by atoms with Crippen LogP contribution in [0.1, 0.15) is 28.4 Å². The predicted molar refractivity (Wildman–Crippen MR) is 108 cm³/mol. The van der Waals surface area contributed by atoms with Gasteiger partial charge >= 0.3 is 0 Å². The van der Waals surface area contributed by atoms with Crippen molar-refractivity contribution in [1.82, 2.24) is 9.78 Å². The number of amides is 1. The number of rotatable bonds is 5. The summed E-state index contributed by atoms with van der Waals surface area (Å²) < 4.78 is 12.6. The van der Waals surface area contributed by atoms with Crippen LogP contribution < -0.4 is 14.4 Å². The number of aryl methyl sites for hydroxylation is 2. The average Bonchev–Trinajstić information content (AvgIpc) is 3.31. The lowest BCUT2D eigenvalue weighted by molar-refractivity contribution is 0.0996. The third-order valence-corrected chi connectivity index (χ3v) is 5.18. The van der Waals surface area contributed by atoms with Gasteiger partial charge in [0.1, 0.15) is 0 Å². The van der Waals surface area contributed by atoms with Crippen LogP contribution in [0.5, 0.6) is 11.5 Å². The third-order valence-electron chi connectivity index (χ3n) is 5.18. The van der Waals surface area contributed by atoms with Crippen molar-refractivity contribution < 1.29 is 14.3 Å². The van der Waals surface area contributed by atoms with Gasteiger partial charge in [0.15, 0.2) is 11.5 Å². The molecule has 28 heavy (non-hydrogen) atoms. The molecular weight excluding hydrogens is 354 g/mol. The molecule has 0 saturated carbocycles. The molecule has 6 heteroatoms. The van der Waals surface area contributed by atoms with Crippen molar-refractivity contribution in [2.24, 2.45) is 0 Å². The summed E-state index contributed by atoms with van der Waals surface area (Å²) in [5.74, 6) is 1.41. The number of carbonyl (C=O) groups is 1. The van der Waals surface area contributed by atoms with Crippen LogP contribution in [0.25, 0.3) is 11.1 Å². The third kappa shape index (κ3) is 2.91. The Morgan fingerprint density at radius 2 is 1.86 bits per heavy atom. The molecule has 2 aromatic carbocycles. The predicted octanol–water partition coefficient (Wildman–Crippen LogP) is 4.06. The summed E-state index contributed by atoms with van der Waals surface area (Å²) in [5, 5.41) is 4.30. The molecule has 0 N–H and O–H groups in total. The summed E-state index contributed by atoms with van der Waals surface area (Å²) in [4.78, 5) is 14.8. The van der Waals surface area contributed by atoms with Crippen molar-refractivity contribution >= 4 is 11.6 Å². The number of anilines is 1. The normalized spacial score (nSPS) is 13.0. The number of carbonyl (C=O) groups excluding carboxylic acids is 1. The highest BCUT2D eigenvalue weighted by Crippen LogP contribution is 2.36. The lowest BCUT2D eigenvalue weighted by atomic mass is 9.96. The van der Waals surface area contributed by atoms with Gasteiger partial charge in [-0.2, -0.15) is 5.10 Å². The maximum atomic E-state index is 13.0. The van der Waals surface area contributed by atoms with E-state index in [1.165, 1.54) is 0 Å². The van der Waals surface area contributed by atoms with Crippen LogP contribution in [-0.4, -0.2) is 29.9 Å². The Kier molecular flexibility index (Phi) is 4.55. The molecule has 4 rings (SSSR count). The van der Waals surface area contributed by atoms with E-state index in [2.05, 4.69) is 17.2 Å². The molecule has 1 aliphatic rings. The molecule has 0 saturated heterocycles. The van der Waals surface area contributed by atoms with Gasteiger partial charge in [0.25, 0.3) is 5.91 Å². The van der Waals surface area contributed by atoms with E-state index in [1.54, 1.807) is 25.3 Å². The van der Waals surface area contributed by atoms with E-state index in [0.717, 1.165) is 40.0 Å². The number of ether oxygens (including phenoxy) is 2. The molecule has 0 bridgehead atoms. The van der Waals surface area contributed by atoms with Gasteiger partial charge in [-0.1, -0.05) is 12.1 Å². The van der Waals surface area contributed by atoms with Gasteiger partial charge in [-0.25, -0.2) is 0 Å². The minimum absolute atomic E-state index is 0.0296. The Labute approximate surface area is 164 Å². The second kappa shape index (κ2) is 7.03. The first-order chi connectivity index (χ1) is 13.5. The first-order valence-corrected chi connectivity index (χ1v) is 9.26. The van der Waals surface area contributed by atoms with Crippen molar-refractivity contribution in [1.29, 1.82) is 0 Å². The van der Waals surface area contributed by atoms with Crippen molar-refractivity contribution in [3.05, 3.63) is 59.4 Å². The Balaban J connectivity index is 1.72. The van der Waals surface area contributed by atoms with Crippen LogP contribution >= 0.6 is 0 Å².